The van der Waals surface area contributed by atoms with Gasteiger partial charge in [0.15, 0.2) is 0 Å². The Morgan fingerprint density at radius 2 is 1.56 bits per heavy atom. The number of nitrogens with one attached hydrogen (secondary N) is 3. The van der Waals surface area contributed by atoms with Crippen molar-refractivity contribution in [2.75, 3.05) is 11.9 Å². The van der Waals surface area contributed by atoms with Gasteiger partial charge in [-0.2, -0.15) is 0 Å². The fourth-order valence-corrected chi connectivity index (χ4v) is 2.26. The molecule has 2 rings (SSSR count). The number of anilines is 1. The lowest BCUT2D eigenvalue weighted by Crippen LogP contribution is -2.43. The first kappa shape index (κ1) is 18.5. The first-order chi connectivity index (χ1) is 11.8. The Morgan fingerprint density at radius 3 is 2.16 bits per heavy atom. The van der Waals surface area contributed by atoms with Gasteiger partial charge in [-0.15, -0.1) is 0 Å². The summed E-state index contributed by atoms with van der Waals surface area (Å²) in [5, 5.41) is 8.82. The number of hydrogen-bond acceptors (Lipinski definition) is 3. The van der Waals surface area contributed by atoms with Gasteiger partial charge in [0.2, 0.25) is 5.91 Å². The predicted molar refractivity (Wildman–Crippen MR) is 100 cm³/mol. The van der Waals surface area contributed by atoms with Gasteiger partial charge in [0.1, 0.15) is 0 Å². The molecule has 0 spiro atoms. The molecule has 3 N–H and O–H groups in total. The van der Waals surface area contributed by atoms with Crippen molar-refractivity contribution in [1.29, 1.82) is 0 Å². The van der Waals surface area contributed by atoms with E-state index in [1.807, 2.05) is 51.1 Å². The van der Waals surface area contributed by atoms with Crippen molar-refractivity contribution in [3.05, 3.63) is 65.7 Å². The molecule has 0 saturated heterocycles. The zero-order valence-electron chi connectivity index (χ0n) is 14.9. The molecule has 25 heavy (non-hydrogen) atoms. The molecule has 5 heteroatoms. The standard InChI is InChI=1S/C20H25N3O2/c1-20(2,3)23-18(24)14-21-17-11-9-16(10-12-17)19(25)22-13-15-7-5-4-6-8-15/h4-12,21H,13-14H2,1-3H3,(H,22,25)(H,23,24). The molecule has 0 aliphatic heterocycles. The molecule has 0 aliphatic carbocycles. The van der Waals surface area contributed by atoms with Gasteiger partial charge in [0.25, 0.3) is 5.91 Å². The molecule has 0 saturated carbocycles. The van der Waals surface area contributed by atoms with E-state index in [4.69, 9.17) is 0 Å². The Bertz CT molecular complexity index is 704. The Labute approximate surface area is 148 Å². The van der Waals surface area contributed by atoms with Crippen molar-refractivity contribution in [1.82, 2.24) is 10.6 Å². The van der Waals surface area contributed by atoms with Crippen LogP contribution >= 0.6 is 0 Å². The SMILES string of the molecule is CC(C)(C)NC(=O)CNc1ccc(C(=O)NCc2ccccc2)cc1. The lowest BCUT2D eigenvalue weighted by Gasteiger charge is -2.20. The number of carbonyl (C=O) groups is 2. The first-order valence-corrected chi connectivity index (χ1v) is 8.30. The van der Waals surface area contributed by atoms with Crippen LogP contribution in [-0.2, 0) is 11.3 Å². The zero-order valence-corrected chi connectivity index (χ0v) is 14.9. The maximum atomic E-state index is 12.2. The van der Waals surface area contributed by atoms with Crippen LogP contribution in [0, 0.1) is 0 Å². The van der Waals surface area contributed by atoms with E-state index in [1.54, 1.807) is 24.3 Å². The van der Waals surface area contributed by atoms with Crippen molar-refractivity contribution in [2.24, 2.45) is 0 Å². The molecular formula is C20H25N3O2. The molecule has 0 aliphatic rings. The highest BCUT2D eigenvalue weighted by Gasteiger charge is 2.13. The van der Waals surface area contributed by atoms with Crippen LogP contribution in [0.25, 0.3) is 0 Å². The van der Waals surface area contributed by atoms with E-state index in [9.17, 15) is 9.59 Å². The maximum absolute atomic E-state index is 12.2. The minimum atomic E-state index is -0.251. The summed E-state index contributed by atoms with van der Waals surface area (Å²) >= 11 is 0. The van der Waals surface area contributed by atoms with Gasteiger partial charge in [-0.25, -0.2) is 0 Å². The average molecular weight is 339 g/mol. The third-order valence-corrected chi connectivity index (χ3v) is 3.41. The molecule has 0 radical (unpaired) electrons. The molecule has 0 unspecified atom stereocenters. The van der Waals surface area contributed by atoms with E-state index in [0.29, 0.717) is 12.1 Å². The van der Waals surface area contributed by atoms with Crippen LogP contribution in [0.15, 0.2) is 54.6 Å². The number of carbonyl (C=O) groups excluding carboxylic acids is 2. The first-order valence-electron chi connectivity index (χ1n) is 8.30. The van der Waals surface area contributed by atoms with E-state index in [2.05, 4.69) is 16.0 Å². The quantitative estimate of drug-likeness (QED) is 0.758. The summed E-state index contributed by atoms with van der Waals surface area (Å²) in [6, 6.07) is 16.8. The van der Waals surface area contributed by atoms with E-state index in [1.165, 1.54) is 0 Å². The summed E-state index contributed by atoms with van der Waals surface area (Å²) in [5.41, 5.74) is 2.18. The fraction of sp³-hybridized carbons (Fsp3) is 0.300. The Morgan fingerprint density at radius 1 is 0.920 bits per heavy atom. The molecule has 2 aromatic rings. The Balaban J connectivity index is 1.82. The van der Waals surface area contributed by atoms with Crippen molar-refractivity contribution in [2.45, 2.75) is 32.9 Å². The summed E-state index contributed by atoms with van der Waals surface area (Å²) in [5.74, 6) is -0.196. The Kier molecular flexibility index (Phi) is 6.17. The van der Waals surface area contributed by atoms with Crippen molar-refractivity contribution in [3.8, 4) is 0 Å². The topological polar surface area (TPSA) is 70.2 Å². The summed E-state index contributed by atoms with van der Waals surface area (Å²) < 4.78 is 0. The fourth-order valence-electron chi connectivity index (χ4n) is 2.26. The Hall–Kier alpha value is -2.82. The minimum absolute atomic E-state index is 0.0721. The largest absolute Gasteiger partial charge is 0.376 e. The third kappa shape index (κ3) is 6.67. The van der Waals surface area contributed by atoms with Crippen LogP contribution in [0.3, 0.4) is 0 Å². The van der Waals surface area contributed by atoms with Crippen molar-refractivity contribution in [3.63, 3.8) is 0 Å². The van der Waals surface area contributed by atoms with Crippen LogP contribution in [0.1, 0.15) is 36.7 Å². The minimum Gasteiger partial charge on any atom is -0.376 e. The molecule has 2 amide bonds. The van der Waals surface area contributed by atoms with Crippen LogP contribution in [0.4, 0.5) is 5.69 Å². The predicted octanol–water partition coefficient (Wildman–Crippen LogP) is 2.94. The molecule has 132 valence electrons. The molecule has 0 fully saturated rings. The van der Waals surface area contributed by atoms with Gasteiger partial charge in [-0.3, -0.25) is 9.59 Å². The molecule has 0 atom stereocenters. The lowest BCUT2D eigenvalue weighted by atomic mass is 10.1. The van der Waals surface area contributed by atoms with Gasteiger partial charge in [-0.1, -0.05) is 30.3 Å². The normalized spacial score (nSPS) is 10.8. The highest BCUT2D eigenvalue weighted by atomic mass is 16.2. The van der Waals surface area contributed by atoms with Gasteiger partial charge >= 0.3 is 0 Å². The highest BCUT2D eigenvalue weighted by molar-refractivity contribution is 5.94. The van der Waals surface area contributed by atoms with E-state index < -0.39 is 0 Å². The summed E-state index contributed by atoms with van der Waals surface area (Å²) in [7, 11) is 0. The van der Waals surface area contributed by atoms with Crippen molar-refractivity contribution >= 4 is 17.5 Å². The summed E-state index contributed by atoms with van der Waals surface area (Å²) in [6.07, 6.45) is 0. The monoisotopic (exact) mass is 339 g/mol. The third-order valence-electron chi connectivity index (χ3n) is 3.41. The number of rotatable bonds is 6. The number of amides is 2. The van der Waals surface area contributed by atoms with E-state index in [-0.39, 0.29) is 23.9 Å². The van der Waals surface area contributed by atoms with Crippen molar-refractivity contribution < 1.29 is 9.59 Å². The van der Waals surface area contributed by atoms with Crippen LogP contribution in [0.2, 0.25) is 0 Å². The second-order valence-corrected chi connectivity index (χ2v) is 6.90. The molecule has 0 aromatic heterocycles. The van der Waals surface area contributed by atoms with Gasteiger partial charge in [0, 0.05) is 23.3 Å². The summed E-state index contributed by atoms with van der Waals surface area (Å²) in [4.78, 5) is 23.9. The second kappa shape index (κ2) is 8.33. The average Bonchev–Trinajstić information content (AvgIpc) is 2.58. The second-order valence-electron chi connectivity index (χ2n) is 6.90. The molecule has 0 heterocycles. The summed E-state index contributed by atoms with van der Waals surface area (Å²) in [6.45, 7) is 6.50. The molecule has 2 aromatic carbocycles. The molecular weight excluding hydrogens is 314 g/mol. The highest BCUT2D eigenvalue weighted by Crippen LogP contribution is 2.10. The zero-order chi connectivity index (χ0) is 18.3. The van der Waals surface area contributed by atoms with Crippen LogP contribution in [0.5, 0.6) is 0 Å². The van der Waals surface area contributed by atoms with Crippen LogP contribution < -0.4 is 16.0 Å². The van der Waals surface area contributed by atoms with Gasteiger partial charge in [-0.05, 0) is 50.6 Å². The van der Waals surface area contributed by atoms with E-state index in [0.717, 1.165) is 11.3 Å². The number of benzene rings is 2. The molecule has 0 bridgehead atoms. The van der Waals surface area contributed by atoms with E-state index >= 15 is 0 Å². The van der Waals surface area contributed by atoms with Crippen LogP contribution in [-0.4, -0.2) is 23.9 Å². The molecule has 5 nitrogen and oxygen atoms in total. The maximum Gasteiger partial charge on any atom is 0.251 e. The lowest BCUT2D eigenvalue weighted by molar-refractivity contribution is -0.120. The number of hydrogen-bond donors (Lipinski definition) is 3. The van der Waals surface area contributed by atoms with Gasteiger partial charge in [0.05, 0.1) is 6.54 Å². The van der Waals surface area contributed by atoms with Gasteiger partial charge < -0.3 is 16.0 Å². The smallest absolute Gasteiger partial charge is 0.251 e.